The highest BCUT2D eigenvalue weighted by Gasteiger charge is 2.19. The van der Waals surface area contributed by atoms with Crippen LogP contribution < -0.4 is 10.9 Å². The van der Waals surface area contributed by atoms with Crippen molar-refractivity contribution in [3.8, 4) is 0 Å². The van der Waals surface area contributed by atoms with Gasteiger partial charge in [-0.05, 0) is 36.6 Å². The third kappa shape index (κ3) is 4.61. The molecule has 3 aromatic rings. The number of hydrogen-bond acceptors (Lipinski definition) is 5. The molecule has 1 unspecified atom stereocenters. The molecule has 27 heavy (non-hydrogen) atoms. The van der Waals surface area contributed by atoms with Crippen molar-refractivity contribution in [2.24, 2.45) is 0 Å². The van der Waals surface area contributed by atoms with Gasteiger partial charge in [0.25, 0.3) is 5.56 Å². The zero-order chi connectivity index (χ0) is 19.4. The molecule has 0 aliphatic rings. The molecule has 0 bridgehead atoms. The second kappa shape index (κ2) is 8.73. The van der Waals surface area contributed by atoms with Gasteiger partial charge in [0.15, 0.2) is 5.16 Å². The number of hydrogen-bond donors (Lipinski definition) is 1. The summed E-state index contributed by atoms with van der Waals surface area (Å²) in [6.45, 7) is 6.30. The maximum absolute atomic E-state index is 12.8. The molecule has 0 fully saturated rings. The van der Waals surface area contributed by atoms with Gasteiger partial charge in [-0.3, -0.25) is 14.2 Å². The van der Waals surface area contributed by atoms with Crippen molar-refractivity contribution in [2.75, 3.05) is 0 Å². The van der Waals surface area contributed by atoms with Crippen molar-refractivity contribution in [2.45, 2.75) is 30.4 Å². The number of allylic oxidation sites excluding steroid dienone is 1. The summed E-state index contributed by atoms with van der Waals surface area (Å²) in [4.78, 5) is 30.9. The molecule has 1 amide bonds. The van der Waals surface area contributed by atoms with Crippen molar-refractivity contribution in [1.29, 1.82) is 0 Å². The predicted molar refractivity (Wildman–Crippen MR) is 113 cm³/mol. The maximum atomic E-state index is 12.8. The summed E-state index contributed by atoms with van der Waals surface area (Å²) in [6, 6.07) is 8.90. The third-order valence-electron chi connectivity index (χ3n) is 3.86. The lowest BCUT2D eigenvalue weighted by molar-refractivity contribution is -0.120. The van der Waals surface area contributed by atoms with E-state index in [1.54, 1.807) is 42.5 Å². The van der Waals surface area contributed by atoms with Gasteiger partial charge in [-0.25, -0.2) is 4.98 Å². The van der Waals surface area contributed by atoms with Crippen LogP contribution >= 0.6 is 34.7 Å². The molecule has 0 aliphatic heterocycles. The molecule has 1 N–H and O–H groups in total. The molecule has 1 aromatic carbocycles. The Morgan fingerprint density at radius 1 is 1.48 bits per heavy atom. The van der Waals surface area contributed by atoms with E-state index in [0.29, 0.717) is 34.2 Å². The Morgan fingerprint density at radius 3 is 3.00 bits per heavy atom. The molecule has 8 heteroatoms. The number of carbonyl (C=O) groups is 1. The van der Waals surface area contributed by atoms with Crippen molar-refractivity contribution >= 4 is 51.5 Å². The second-order valence-electron chi connectivity index (χ2n) is 5.82. The van der Waals surface area contributed by atoms with Crippen molar-refractivity contribution < 1.29 is 4.79 Å². The summed E-state index contributed by atoms with van der Waals surface area (Å²) in [5, 5.41) is 5.93. The lowest BCUT2D eigenvalue weighted by Crippen LogP contribution is -2.31. The van der Waals surface area contributed by atoms with Gasteiger partial charge in [-0.2, -0.15) is 0 Å². The predicted octanol–water partition coefficient (Wildman–Crippen LogP) is 4.09. The van der Waals surface area contributed by atoms with E-state index >= 15 is 0 Å². The lowest BCUT2D eigenvalue weighted by Gasteiger charge is -2.15. The first-order chi connectivity index (χ1) is 13.0. The summed E-state index contributed by atoms with van der Waals surface area (Å²) < 4.78 is 1.52. The van der Waals surface area contributed by atoms with E-state index in [-0.39, 0.29) is 11.5 Å². The topological polar surface area (TPSA) is 64.0 Å². The number of amides is 1. The Labute approximate surface area is 170 Å². The van der Waals surface area contributed by atoms with Gasteiger partial charge >= 0.3 is 0 Å². The molecular weight excluding hydrogens is 402 g/mol. The van der Waals surface area contributed by atoms with Crippen LogP contribution in [0.5, 0.6) is 0 Å². The van der Waals surface area contributed by atoms with Gasteiger partial charge in [-0.15, -0.1) is 17.9 Å². The van der Waals surface area contributed by atoms with E-state index in [1.165, 1.54) is 16.3 Å². The normalized spacial score (nSPS) is 12.1. The summed E-state index contributed by atoms with van der Waals surface area (Å²) in [7, 11) is 0. The Balaban J connectivity index is 1.85. The number of carbonyl (C=O) groups excluding carboxylic acids is 1. The fourth-order valence-electron chi connectivity index (χ4n) is 2.50. The quantitative estimate of drug-likeness (QED) is 0.356. The van der Waals surface area contributed by atoms with Crippen molar-refractivity contribution in [3.63, 3.8) is 0 Å². The van der Waals surface area contributed by atoms with Crippen molar-refractivity contribution in [3.05, 3.63) is 68.6 Å². The number of benzene rings is 1. The smallest absolute Gasteiger partial charge is 0.262 e. The van der Waals surface area contributed by atoms with Crippen LogP contribution in [0.25, 0.3) is 10.9 Å². The Morgan fingerprint density at radius 2 is 2.30 bits per heavy atom. The van der Waals surface area contributed by atoms with Crippen LogP contribution in [0.15, 0.2) is 58.3 Å². The van der Waals surface area contributed by atoms with Crippen LogP contribution in [0, 0.1) is 0 Å². The molecule has 0 aliphatic carbocycles. The molecular formula is C19H18ClN3O2S2. The highest BCUT2D eigenvalue weighted by Crippen LogP contribution is 2.24. The van der Waals surface area contributed by atoms with Gasteiger partial charge in [-0.1, -0.05) is 35.5 Å². The van der Waals surface area contributed by atoms with Crippen LogP contribution in [0.4, 0.5) is 0 Å². The molecule has 2 heterocycles. The van der Waals surface area contributed by atoms with Crippen LogP contribution in [0.1, 0.15) is 11.8 Å². The average molecular weight is 420 g/mol. The largest absolute Gasteiger partial charge is 0.350 e. The summed E-state index contributed by atoms with van der Waals surface area (Å²) >= 11 is 8.87. The molecule has 0 saturated carbocycles. The van der Waals surface area contributed by atoms with E-state index in [2.05, 4.69) is 16.9 Å². The van der Waals surface area contributed by atoms with Gasteiger partial charge in [0.2, 0.25) is 5.91 Å². The van der Waals surface area contributed by atoms with Gasteiger partial charge in [0, 0.05) is 16.4 Å². The number of nitrogens with one attached hydrogen (secondary N) is 1. The first-order valence-electron chi connectivity index (χ1n) is 8.27. The molecule has 0 saturated heterocycles. The number of halogens is 1. The van der Waals surface area contributed by atoms with Crippen LogP contribution in [0.2, 0.25) is 5.02 Å². The van der Waals surface area contributed by atoms with Gasteiger partial charge in [0.1, 0.15) is 0 Å². The number of thioether (sulfide) groups is 1. The van der Waals surface area contributed by atoms with E-state index in [1.807, 2.05) is 17.5 Å². The molecule has 2 aromatic heterocycles. The van der Waals surface area contributed by atoms with Crippen LogP contribution in [-0.2, 0) is 17.9 Å². The number of nitrogens with zero attached hydrogens (tertiary/aromatic N) is 2. The fraction of sp³-hybridized carbons (Fsp3) is 0.211. The summed E-state index contributed by atoms with van der Waals surface area (Å²) in [5.41, 5.74) is 0.340. The number of thiophene rings is 1. The minimum absolute atomic E-state index is 0.112. The standard InChI is InChI=1S/C19H18ClN3O2S2/c1-3-8-23-18(25)15-7-6-13(20)10-16(15)22-19(23)27-12(2)17(24)21-11-14-5-4-9-26-14/h3-7,9-10,12H,1,8,11H2,2H3,(H,21,24). The van der Waals surface area contributed by atoms with E-state index in [4.69, 9.17) is 11.6 Å². The highest BCUT2D eigenvalue weighted by molar-refractivity contribution is 8.00. The summed E-state index contributed by atoms with van der Waals surface area (Å²) in [6.07, 6.45) is 1.64. The minimum Gasteiger partial charge on any atom is -0.350 e. The van der Waals surface area contributed by atoms with Gasteiger partial charge < -0.3 is 5.32 Å². The van der Waals surface area contributed by atoms with Crippen LogP contribution in [0.3, 0.4) is 0 Å². The van der Waals surface area contributed by atoms with Crippen molar-refractivity contribution in [1.82, 2.24) is 14.9 Å². The fourth-order valence-corrected chi connectivity index (χ4v) is 4.25. The Kier molecular flexibility index (Phi) is 6.36. The third-order valence-corrected chi connectivity index (χ3v) is 6.06. The monoisotopic (exact) mass is 419 g/mol. The zero-order valence-electron chi connectivity index (χ0n) is 14.6. The molecule has 5 nitrogen and oxygen atoms in total. The Hall–Kier alpha value is -2.09. The van der Waals surface area contributed by atoms with E-state index in [9.17, 15) is 9.59 Å². The highest BCUT2D eigenvalue weighted by atomic mass is 35.5. The number of aromatic nitrogens is 2. The first-order valence-corrected chi connectivity index (χ1v) is 10.4. The molecule has 140 valence electrons. The number of rotatable bonds is 7. The second-order valence-corrected chi connectivity index (χ2v) is 8.59. The first kappa shape index (κ1) is 19.7. The minimum atomic E-state index is -0.412. The maximum Gasteiger partial charge on any atom is 0.262 e. The molecule has 3 rings (SSSR count). The lowest BCUT2D eigenvalue weighted by atomic mass is 10.2. The molecule has 0 radical (unpaired) electrons. The average Bonchev–Trinajstić information content (AvgIpc) is 3.16. The number of fused-ring (bicyclic) bond motifs is 1. The molecule has 0 spiro atoms. The molecule has 1 atom stereocenters. The van der Waals surface area contributed by atoms with Gasteiger partial charge in [0.05, 0.1) is 22.7 Å². The van der Waals surface area contributed by atoms with E-state index < -0.39 is 5.25 Å². The van der Waals surface area contributed by atoms with Crippen LogP contribution in [-0.4, -0.2) is 20.7 Å². The zero-order valence-corrected chi connectivity index (χ0v) is 17.0. The SMILES string of the molecule is C=CCn1c(SC(C)C(=O)NCc2cccs2)nc2cc(Cl)ccc2c1=O. The van der Waals surface area contributed by atoms with E-state index in [0.717, 1.165) is 4.88 Å². The summed E-state index contributed by atoms with van der Waals surface area (Å²) in [5.74, 6) is -0.112. The Bertz CT molecular complexity index is 1030.